The zero-order valence-electron chi connectivity index (χ0n) is 11.4. The Hall–Kier alpha value is -2.10. The highest BCUT2D eigenvalue weighted by molar-refractivity contribution is 5.67. The summed E-state index contributed by atoms with van der Waals surface area (Å²) in [6, 6.07) is 7.88. The maximum Gasteiger partial charge on any atom is 0.302 e. The largest absolute Gasteiger partial charge is 0.461 e. The SMILES string of the molecule is CC(=O)OCC(=Cc1cccc(C)c1)COC(C)=O. The molecule has 0 N–H and O–H groups in total. The first-order valence-corrected chi connectivity index (χ1v) is 6.00. The first-order valence-electron chi connectivity index (χ1n) is 6.00. The van der Waals surface area contributed by atoms with E-state index in [9.17, 15) is 9.59 Å². The molecule has 102 valence electrons. The molecule has 4 nitrogen and oxygen atoms in total. The zero-order chi connectivity index (χ0) is 14.3. The number of hydrogen-bond donors (Lipinski definition) is 0. The average molecular weight is 262 g/mol. The van der Waals surface area contributed by atoms with Crippen LogP contribution in [0.4, 0.5) is 0 Å². The molecule has 0 aliphatic rings. The highest BCUT2D eigenvalue weighted by Gasteiger charge is 2.04. The van der Waals surface area contributed by atoms with Gasteiger partial charge in [-0.25, -0.2) is 0 Å². The van der Waals surface area contributed by atoms with Crippen molar-refractivity contribution in [2.45, 2.75) is 20.8 Å². The van der Waals surface area contributed by atoms with Gasteiger partial charge in [0.05, 0.1) is 0 Å². The lowest BCUT2D eigenvalue weighted by Gasteiger charge is -2.08. The quantitative estimate of drug-likeness (QED) is 0.765. The molecule has 0 saturated heterocycles. The number of rotatable bonds is 5. The molecule has 0 amide bonds. The molecular formula is C15H18O4. The topological polar surface area (TPSA) is 52.6 Å². The van der Waals surface area contributed by atoms with Gasteiger partial charge in [0.15, 0.2) is 0 Å². The number of ether oxygens (including phenoxy) is 2. The van der Waals surface area contributed by atoms with Gasteiger partial charge in [0, 0.05) is 19.4 Å². The van der Waals surface area contributed by atoms with Crippen molar-refractivity contribution in [2.75, 3.05) is 13.2 Å². The smallest absolute Gasteiger partial charge is 0.302 e. The Morgan fingerprint density at radius 2 is 1.68 bits per heavy atom. The summed E-state index contributed by atoms with van der Waals surface area (Å²) in [5.74, 6) is -0.726. The van der Waals surface area contributed by atoms with E-state index >= 15 is 0 Å². The van der Waals surface area contributed by atoms with Crippen LogP contribution in [-0.2, 0) is 19.1 Å². The molecule has 0 spiro atoms. The van der Waals surface area contributed by atoms with Crippen molar-refractivity contribution in [3.8, 4) is 0 Å². The Balaban J connectivity index is 2.81. The minimum absolute atomic E-state index is 0.122. The van der Waals surface area contributed by atoms with Crippen molar-refractivity contribution < 1.29 is 19.1 Å². The van der Waals surface area contributed by atoms with Crippen molar-refractivity contribution >= 4 is 18.0 Å². The fraction of sp³-hybridized carbons (Fsp3) is 0.333. The second-order valence-electron chi connectivity index (χ2n) is 4.28. The van der Waals surface area contributed by atoms with Gasteiger partial charge < -0.3 is 9.47 Å². The summed E-state index contributed by atoms with van der Waals surface area (Å²) in [6.07, 6.45) is 1.86. The van der Waals surface area contributed by atoms with Crippen molar-refractivity contribution in [3.63, 3.8) is 0 Å². The normalized spacial score (nSPS) is 9.63. The maximum absolute atomic E-state index is 10.8. The van der Waals surface area contributed by atoms with Crippen LogP contribution in [0, 0.1) is 6.92 Å². The van der Waals surface area contributed by atoms with Crippen LogP contribution in [0.1, 0.15) is 25.0 Å². The summed E-state index contributed by atoms with van der Waals surface area (Å²) in [5.41, 5.74) is 2.85. The highest BCUT2D eigenvalue weighted by atomic mass is 16.5. The zero-order valence-corrected chi connectivity index (χ0v) is 11.4. The lowest BCUT2D eigenvalue weighted by molar-refractivity contribution is -0.141. The second-order valence-corrected chi connectivity index (χ2v) is 4.28. The molecule has 0 aliphatic heterocycles. The Bertz CT molecular complexity index is 469. The molecule has 0 bridgehead atoms. The summed E-state index contributed by atoms with van der Waals surface area (Å²) in [4.78, 5) is 21.7. The van der Waals surface area contributed by atoms with Crippen molar-refractivity contribution in [1.82, 2.24) is 0 Å². The number of carbonyl (C=O) groups is 2. The molecule has 1 aromatic rings. The predicted octanol–water partition coefficient (Wildman–Crippen LogP) is 2.50. The second kappa shape index (κ2) is 7.36. The van der Waals surface area contributed by atoms with E-state index in [1.54, 1.807) is 0 Å². The summed E-state index contributed by atoms with van der Waals surface area (Å²) in [6.45, 7) is 4.93. The maximum atomic E-state index is 10.8. The van der Waals surface area contributed by atoms with Crippen molar-refractivity contribution in [2.24, 2.45) is 0 Å². The van der Waals surface area contributed by atoms with Gasteiger partial charge in [0.2, 0.25) is 0 Å². The molecule has 19 heavy (non-hydrogen) atoms. The first kappa shape index (κ1) is 15.0. The van der Waals surface area contributed by atoms with Gasteiger partial charge in [-0.15, -0.1) is 0 Å². The van der Waals surface area contributed by atoms with Crippen LogP contribution < -0.4 is 0 Å². The fourth-order valence-electron chi connectivity index (χ4n) is 1.51. The third-order valence-corrected chi connectivity index (χ3v) is 2.33. The Morgan fingerprint density at radius 1 is 1.11 bits per heavy atom. The average Bonchev–Trinajstić information content (AvgIpc) is 2.32. The standard InChI is InChI=1S/C15H18O4/c1-11-5-4-6-14(7-11)8-15(9-18-12(2)16)10-19-13(3)17/h4-8H,9-10H2,1-3H3. The molecular weight excluding hydrogens is 244 g/mol. The summed E-state index contributed by atoms with van der Waals surface area (Å²) >= 11 is 0. The highest BCUT2D eigenvalue weighted by Crippen LogP contribution is 2.10. The van der Waals surface area contributed by atoms with E-state index in [4.69, 9.17) is 9.47 Å². The van der Waals surface area contributed by atoms with Crippen LogP contribution in [0.25, 0.3) is 6.08 Å². The molecule has 1 aromatic carbocycles. The molecule has 4 heteroatoms. The molecule has 1 rings (SSSR count). The molecule has 0 atom stereocenters. The van der Waals surface area contributed by atoms with Gasteiger partial charge in [-0.3, -0.25) is 9.59 Å². The van der Waals surface area contributed by atoms with Crippen LogP contribution in [0.3, 0.4) is 0 Å². The molecule has 0 fully saturated rings. The van der Waals surface area contributed by atoms with Crippen molar-refractivity contribution in [3.05, 3.63) is 41.0 Å². The third kappa shape index (κ3) is 6.41. The summed E-state index contributed by atoms with van der Waals surface area (Å²) in [7, 11) is 0. The van der Waals surface area contributed by atoms with E-state index in [0.29, 0.717) is 0 Å². The van der Waals surface area contributed by atoms with E-state index in [2.05, 4.69) is 0 Å². The van der Waals surface area contributed by atoms with Crippen LogP contribution in [0.15, 0.2) is 29.8 Å². The lowest BCUT2D eigenvalue weighted by atomic mass is 10.1. The van der Waals surface area contributed by atoms with Gasteiger partial charge in [-0.05, 0) is 18.6 Å². The van der Waals surface area contributed by atoms with Gasteiger partial charge in [0.1, 0.15) is 13.2 Å². The number of esters is 2. The number of aryl methyl sites for hydroxylation is 1. The number of carbonyl (C=O) groups excluding carboxylic acids is 2. The van der Waals surface area contributed by atoms with E-state index in [1.165, 1.54) is 13.8 Å². The third-order valence-electron chi connectivity index (χ3n) is 2.33. The molecule has 0 aliphatic carbocycles. The van der Waals surface area contributed by atoms with Gasteiger partial charge >= 0.3 is 11.9 Å². The number of benzene rings is 1. The number of hydrogen-bond acceptors (Lipinski definition) is 4. The van der Waals surface area contributed by atoms with E-state index in [-0.39, 0.29) is 25.2 Å². The minimum Gasteiger partial charge on any atom is -0.461 e. The van der Waals surface area contributed by atoms with Gasteiger partial charge in [-0.2, -0.15) is 0 Å². The Morgan fingerprint density at radius 3 is 2.16 bits per heavy atom. The Kier molecular flexibility index (Phi) is 5.79. The summed E-state index contributed by atoms with van der Waals surface area (Å²) in [5, 5.41) is 0. The monoisotopic (exact) mass is 262 g/mol. The molecule has 0 saturated carbocycles. The summed E-state index contributed by atoms with van der Waals surface area (Å²) < 4.78 is 9.88. The van der Waals surface area contributed by atoms with Crippen LogP contribution >= 0.6 is 0 Å². The minimum atomic E-state index is -0.363. The van der Waals surface area contributed by atoms with Crippen LogP contribution in [0.5, 0.6) is 0 Å². The van der Waals surface area contributed by atoms with Crippen molar-refractivity contribution in [1.29, 1.82) is 0 Å². The van der Waals surface area contributed by atoms with E-state index in [0.717, 1.165) is 16.7 Å². The van der Waals surface area contributed by atoms with Gasteiger partial charge in [0.25, 0.3) is 0 Å². The predicted molar refractivity (Wildman–Crippen MR) is 72.4 cm³/mol. The molecule has 0 aromatic heterocycles. The fourth-order valence-corrected chi connectivity index (χ4v) is 1.51. The Labute approximate surface area is 113 Å². The molecule has 0 radical (unpaired) electrons. The first-order chi connectivity index (χ1) is 8.97. The lowest BCUT2D eigenvalue weighted by Crippen LogP contribution is -2.10. The van der Waals surface area contributed by atoms with E-state index in [1.807, 2.05) is 37.3 Å². The van der Waals surface area contributed by atoms with E-state index < -0.39 is 0 Å². The van der Waals surface area contributed by atoms with Gasteiger partial charge in [-0.1, -0.05) is 29.8 Å². The molecule has 0 unspecified atom stereocenters. The van der Waals surface area contributed by atoms with Crippen LogP contribution in [-0.4, -0.2) is 25.2 Å². The van der Waals surface area contributed by atoms with Crippen LogP contribution in [0.2, 0.25) is 0 Å². The molecule has 0 heterocycles.